The zero-order chi connectivity index (χ0) is 13.8. The predicted molar refractivity (Wildman–Crippen MR) is 82.6 cm³/mol. The van der Waals surface area contributed by atoms with Gasteiger partial charge in [0, 0.05) is 24.6 Å². The number of aromatic nitrogens is 2. The van der Waals surface area contributed by atoms with Gasteiger partial charge in [-0.15, -0.1) is 0 Å². The van der Waals surface area contributed by atoms with E-state index < -0.39 is 0 Å². The molecule has 2 rings (SSSR count). The second-order valence-electron chi connectivity index (χ2n) is 5.56. The number of rotatable bonds is 5. The summed E-state index contributed by atoms with van der Waals surface area (Å²) in [4.78, 5) is 11.5. The molecule has 0 amide bonds. The van der Waals surface area contributed by atoms with E-state index in [1.807, 2.05) is 6.07 Å². The number of likely N-dealkylation sites (tertiary alicyclic amines) is 1. The Morgan fingerprint density at radius 2 is 1.95 bits per heavy atom. The standard InChI is InChI=1S/C14H23BrN4/c1-10(2)14-17-12(15)8-13(18-14)16-9-11(3)19-6-4-5-7-19/h8,10-11H,4-7,9H2,1-3H3,(H,16,17,18). The van der Waals surface area contributed by atoms with Crippen LogP contribution in [0.4, 0.5) is 5.82 Å². The van der Waals surface area contributed by atoms with Crippen LogP contribution in [0.3, 0.4) is 0 Å². The van der Waals surface area contributed by atoms with Gasteiger partial charge in [0.1, 0.15) is 16.2 Å². The lowest BCUT2D eigenvalue weighted by Crippen LogP contribution is -2.35. The second kappa shape index (κ2) is 6.66. The average Bonchev–Trinajstić information content (AvgIpc) is 2.89. The predicted octanol–water partition coefficient (Wildman–Crippen LogP) is 3.26. The van der Waals surface area contributed by atoms with Crippen LogP contribution in [0, 0.1) is 0 Å². The van der Waals surface area contributed by atoms with Gasteiger partial charge in [-0.2, -0.15) is 0 Å². The molecule has 1 aromatic heterocycles. The molecule has 1 unspecified atom stereocenters. The Hall–Kier alpha value is -0.680. The van der Waals surface area contributed by atoms with Crippen molar-refractivity contribution < 1.29 is 0 Å². The molecule has 0 aliphatic carbocycles. The Bertz CT molecular complexity index is 416. The van der Waals surface area contributed by atoms with Crippen molar-refractivity contribution in [1.82, 2.24) is 14.9 Å². The Balaban J connectivity index is 1.94. The summed E-state index contributed by atoms with van der Waals surface area (Å²) in [6.07, 6.45) is 2.67. The van der Waals surface area contributed by atoms with Gasteiger partial charge in [0.25, 0.3) is 0 Å². The first-order chi connectivity index (χ1) is 9.06. The van der Waals surface area contributed by atoms with Crippen LogP contribution in [0.15, 0.2) is 10.7 Å². The quantitative estimate of drug-likeness (QED) is 0.843. The summed E-state index contributed by atoms with van der Waals surface area (Å²) in [6.45, 7) is 9.89. The highest BCUT2D eigenvalue weighted by atomic mass is 79.9. The molecular formula is C14H23BrN4. The Labute approximate surface area is 124 Å². The highest BCUT2D eigenvalue weighted by Crippen LogP contribution is 2.18. The summed E-state index contributed by atoms with van der Waals surface area (Å²) in [5.74, 6) is 2.14. The van der Waals surface area contributed by atoms with Gasteiger partial charge in [0.05, 0.1) is 0 Å². The largest absolute Gasteiger partial charge is 0.368 e. The number of anilines is 1. The third-order valence-electron chi connectivity index (χ3n) is 3.57. The molecule has 0 aromatic carbocycles. The summed E-state index contributed by atoms with van der Waals surface area (Å²) in [5, 5.41) is 3.43. The van der Waals surface area contributed by atoms with Gasteiger partial charge in [0.2, 0.25) is 0 Å². The third kappa shape index (κ3) is 4.14. The molecule has 1 N–H and O–H groups in total. The molecule has 1 atom stereocenters. The summed E-state index contributed by atoms with van der Waals surface area (Å²) in [6, 6.07) is 2.50. The molecule has 0 saturated carbocycles. The first kappa shape index (κ1) is 14.7. The zero-order valence-corrected chi connectivity index (χ0v) is 13.6. The van der Waals surface area contributed by atoms with Gasteiger partial charge in [0.15, 0.2) is 0 Å². The van der Waals surface area contributed by atoms with E-state index in [4.69, 9.17) is 0 Å². The maximum absolute atomic E-state index is 4.56. The molecule has 106 valence electrons. The number of halogens is 1. The van der Waals surface area contributed by atoms with Crippen LogP contribution in [-0.4, -0.2) is 40.5 Å². The lowest BCUT2D eigenvalue weighted by molar-refractivity contribution is 0.269. The Morgan fingerprint density at radius 3 is 2.58 bits per heavy atom. The fourth-order valence-corrected chi connectivity index (χ4v) is 2.75. The van der Waals surface area contributed by atoms with Crippen LogP contribution in [-0.2, 0) is 0 Å². The molecule has 4 nitrogen and oxygen atoms in total. The summed E-state index contributed by atoms with van der Waals surface area (Å²) < 4.78 is 0.850. The van der Waals surface area contributed by atoms with E-state index in [2.05, 4.69) is 56.9 Å². The molecule has 1 aromatic rings. The minimum Gasteiger partial charge on any atom is -0.368 e. The van der Waals surface area contributed by atoms with Gasteiger partial charge >= 0.3 is 0 Å². The van der Waals surface area contributed by atoms with Gasteiger partial charge < -0.3 is 5.32 Å². The van der Waals surface area contributed by atoms with Crippen LogP contribution >= 0.6 is 15.9 Å². The minimum absolute atomic E-state index is 0.342. The topological polar surface area (TPSA) is 41.1 Å². The van der Waals surface area contributed by atoms with Crippen LogP contribution in [0.2, 0.25) is 0 Å². The van der Waals surface area contributed by atoms with Gasteiger partial charge in [-0.3, -0.25) is 4.90 Å². The van der Waals surface area contributed by atoms with E-state index in [0.717, 1.165) is 22.8 Å². The number of hydrogen-bond donors (Lipinski definition) is 1. The molecule has 1 saturated heterocycles. The van der Waals surface area contributed by atoms with Crippen molar-refractivity contribution in [2.45, 2.75) is 45.6 Å². The monoisotopic (exact) mass is 326 g/mol. The molecule has 0 bridgehead atoms. The lowest BCUT2D eigenvalue weighted by atomic mass is 10.2. The van der Waals surface area contributed by atoms with Crippen LogP contribution in [0.1, 0.15) is 45.4 Å². The highest BCUT2D eigenvalue weighted by molar-refractivity contribution is 9.10. The van der Waals surface area contributed by atoms with Crippen molar-refractivity contribution in [3.05, 3.63) is 16.5 Å². The fourth-order valence-electron chi connectivity index (χ4n) is 2.35. The van der Waals surface area contributed by atoms with Crippen molar-refractivity contribution in [2.24, 2.45) is 0 Å². The molecule has 5 heteroatoms. The Kier molecular flexibility index (Phi) is 5.16. The van der Waals surface area contributed by atoms with Crippen molar-refractivity contribution >= 4 is 21.7 Å². The number of hydrogen-bond acceptors (Lipinski definition) is 4. The first-order valence-electron chi connectivity index (χ1n) is 7.08. The van der Waals surface area contributed by atoms with Crippen molar-refractivity contribution in [3.8, 4) is 0 Å². The van der Waals surface area contributed by atoms with E-state index in [1.54, 1.807) is 0 Å². The number of nitrogens with one attached hydrogen (secondary N) is 1. The van der Waals surface area contributed by atoms with E-state index >= 15 is 0 Å². The van der Waals surface area contributed by atoms with Crippen molar-refractivity contribution in [2.75, 3.05) is 25.0 Å². The van der Waals surface area contributed by atoms with Gasteiger partial charge in [-0.05, 0) is 48.8 Å². The summed E-state index contributed by atoms with van der Waals surface area (Å²) in [5.41, 5.74) is 0. The van der Waals surface area contributed by atoms with E-state index in [9.17, 15) is 0 Å². The molecule has 2 heterocycles. The maximum atomic E-state index is 4.56. The molecule has 1 aliphatic heterocycles. The summed E-state index contributed by atoms with van der Waals surface area (Å²) >= 11 is 3.45. The highest BCUT2D eigenvalue weighted by Gasteiger charge is 2.17. The molecule has 0 spiro atoms. The SMILES string of the molecule is CC(C)c1nc(Br)cc(NCC(C)N2CCCC2)n1. The van der Waals surface area contributed by atoms with Crippen molar-refractivity contribution in [1.29, 1.82) is 0 Å². The normalized spacial score (nSPS) is 17.9. The minimum atomic E-state index is 0.342. The van der Waals surface area contributed by atoms with Crippen LogP contribution in [0.5, 0.6) is 0 Å². The first-order valence-corrected chi connectivity index (χ1v) is 7.88. The number of nitrogens with zero attached hydrogens (tertiary/aromatic N) is 3. The second-order valence-corrected chi connectivity index (χ2v) is 6.37. The Morgan fingerprint density at radius 1 is 1.26 bits per heavy atom. The third-order valence-corrected chi connectivity index (χ3v) is 3.98. The van der Waals surface area contributed by atoms with Crippen LogP contribution in [0.25, 0.3) is 0 Å². The zero-order valence-electron chi connectivity index (χ0n) is 12.0. The molecule has 19 heavy (non-hydrogen) atoms. The van der Waals surface area contributed by atoms with E-state index in [0.29, 0.717) is 12.0 Å². The molecule has 0 radical (unpaired) electrons. The van der Waals surface area contributed by atoms with Gasteiger partial charge in [-0.25, -0.2) is 9.97 Å². The molecule has 1 aliphatic rings. The lowest BCUT2D eigenvalue weighted by Gasteiger charge is -2.24. The van der Waals surface area contributed by atoms with E-state index in [-0.39, 0.29) is 0 Å². The van der Waals surface area contributed by atoms with Crippen LogP contribution < -0.4 is 5.32 Å². The van der Waals surface area contributed by atoms with E-state index in [1.165, 1.54) is 25.9 Å². The average molecular weight is 327 g/mol. The van der Waals surface area contributed by atoms with Gasteiger partial charge in [-0.1, -0.05) is 13.8 Å². The fraction of sp³-hybridized carbons (Fsp3) is 0.714. The molecular weight excluding hydrogens is 304 g/mol. The molecule has 1 fully saturated rings. The maximum Gasteiger partial charge on any atom is 0.134 e. The van der Waals surface area contributed by atoms with Crippen molar-refractivity contribution in [3.63, 3.8) is 0 Å². The summed E-state index contributed by atoms with van der Waals surface area (Å²) in [7, 11) is 0. The smallest absolute Gasteiger partial charge is 0.134 e.